The molecule has 0 saturated heterocycles. The van der Waals surface area contributed by atoms with E-state index >= 15 is 0 Å². The first-order valence-electron chi connectivity index (χ1n) is 7.35. The Bertz CT molecular complexity index is 450. The van der Waals surface area contributed by atoms with E-state index in [1.165, 1.54) is 19.3 Å². The van der Waals surface area contributed by atoms with E-state index in [9.17, 15) is 4.79 Å². The van der Waals surface area contributed by atoms with Crippen molar-refractivity contribution < 1.29 is 4.79 Å². The molecule has 2 rings (SSSR count). The molecule has 1 fully saturated rings. The lowest BCUT2D eigenvalue weighted by Crippen LogP contribution is -2.43. The zero-order valence-electron chi connectivity index (χ0n) is 12.1. The molecule has 3 N–H and O–H groups in total. The van der Waals surface area contributed by atoms with Gasteiger partial charge in [0.2, 0.25) is 5.91 Å². The van der Waals surface area contributed by atoms with Gasteiger partial charge in [-0.15, -0.1) is 0 Å². The number of benzene rings is 1. The third-order valence-electron chi connectivity index (χ3n) is 3.94. The van der Waals surface area contributed by atoms with Crippen LogP contribution in [0.5, 0.6) is 0 Å². The molecule has 4 heteroatoms. The average molecular weight is 292 g/mol. The fourth-order valence-corrected chi connectivity index (χ4v) is 3.76. The second-order valence-electron chi connectivity index (χ2n) is 5.48. The predicted octanol–water partition coefficient (Wildman–Crippen LogP) is 2.99. The molecule has 0 spiro atoms. The summed E-state index contributed by atoms with van der Waals surface area (Å²) in [6, 6.07) is 8.13. The fraction of sp³-hybridized carbons (Fsp3) is 0.562. The van der Waals surface area contributed by atoms with Gasteiger partial charge < -0.3 is 11.1 Å². The minimum Gasteiger partial charge on any atom is -0.399 e. The Labute approximate surface area is 125 Å². The normalized spacial score (nSPS) is 22.4. The summed E-state index contributed by atoms with van der Waals surface area (Å²) in [7, 11) is 0. The van der Waals surface area contributed by atoms with Crippen LogP contribution in [0.2, 0.25) is 0 Å². The van der Waals surface area contributed by atoms with E-state index in [-0.39, 0.29) is 5.91 Å². The molecule has 0 bridgehead atoms. The first kappa shape index (κ1) is 15.2. The molecule has 1 saturated carbocycles. The molecule has 0 radical (unpaired) electrons. The minimum absolute atomic E-state index is 0.165. The number of hydrogen-bond donors (Lipinski definition) is 2. The van der Waals surface area contributed by atoms with Crippen molar-refractivity contribution in [2.24, 2.45) is 0 Å². The number of thioether (sulfide) groups is 1. The van der Waals surface area contributed by atoms with Crippen LogP contribution >= 0.6 is 11.8 Å². The van der Waals surface area contributed by atoms with Gasteiger partial charge in [-0.2, -0.15) is 11.8 Å². The van der Waals surface area contributed by atoms with Crippen molar-refractivity contribution in [3.05, 3.63) is 29.8 Å². The lowest BCUT2D eigenvalue weighted by Gasteiger charge is -2.31. The molecule has 1 aromatic rings. The summed E-state index contributed by atoms with van der Waals surface area (Å²) in [5, 5.41) is 3.80. The van der Waals surface area contributed by atoms with Gasteiger partial charge >= 0.3 is 0 Å². The Balaban J connectivity index is 1.80. The molecule has 1 aromatic carbocycles. The van der Waals surface area contributed by atoms with Crippen LogP contribution in [0.1, 0.15) is 37.7 Å². The van der Waals surface area contributed by atoms with Crippen molar-refractivity contribution in [3.8, 4) is 0 Å². The SMILES string of the molecule is CSC1CCCCC1NC(=O)CCc1cccc(N)c1. The number of hydrogen-bond acceptors (Lipinski definition) is 3. The number of nitrogens with two attached hydrogens (primary N) is 1. The van der Waals surface area contributed by atoms with Crippen LogP contribution in [0.25, 0.3) is 0 Å². The molecule has 20 heavy (non-hydrogen) atoms. The highest BCUT2D eigenvalue weighted by Gasteiger charge is 2.25. The molecule has 1 aliphatic rings. The number of aryl methyl sites for hydroxylation is 1. The number of carbonyl (C=O) groups excluding carboxylic acids is 1. The number of anilines is 1. The van der Waals surface area contributed by atoms with Gasteiger partial charge in [0.1, 0.15) is 0 Å². The molecular formula is C16H24N2OS. The van der Waals surface area contributed by atoms with Crippen LogP contribution in [0.3, 0.4) is 0 Å². The van der Waals surface area contributed by atoms with Crippen LogP contribution in [0, 0.1) is 0 Å². The molecule has 1 aliphatic carbocycles. The van der Waals surface area contributed by atoms with Crippen molar-refractivity contribution in [3.63, 3.8) is 0 Å². The van der Waals surface area contributed by atoms with Crippen LogP contribution in [-0.4, -0.2) is 23.5 Å². The van der Waals surface area contributed by atoms with Crippen LogP contribution < -0.4 is 11.1 Å². The number of nitrogens with one attached hydrogen (secondary N) is 1. The molecule has 0 aromatic heterocycles. The highest BCUT2D eigenvalue weighted by atomic mass is 32.2. The number of amides is 1. The van der Waals surface area contributed by atoms with E-state index in [1.807, 2.05) is 36.0 Å². The van der Waals surface area contributed by atoms with E-state index in [0.29, 0.717) is 17.7 Å². The third-order valence-corrected chi connectivity index (χ3v) is 5.11. The van der Waals surface area contributed by atoms with Crippen molar-refractivity contribution in [2.75, 3.05) is 12.0 Å². The Kier molecular flexibility index (Phi) is 5.77. The number of nitrogen functional groups attached to an aromatic ring is 1. The average Bonchev–Trinajstić information content (AvgIpc) is 2.46. The maximum Gasteiger partial charge on any atom is 0.220 e. The van der Waals surface area contributed by atoms with Gasteiger partial charge in [-0.1, -0.05) is 25.0 Å². The van der Waals surface area contributed by atoms with Crippen molar-refractivity contribution in [2.45, 2.75) is 49.8 Å². The van der Waals surface area contributed by atoms with E-state index in [0.717, 1.165) is 24.1 Å². The summed E-state index contributed by atoms with van der Waals surface area (Å²) in [5.74, 6) is 0.165. The van der Waals surface area contributed by atoms with Crippen molar-refractivity contribution >= 4 is 23.4 Å². The highest BCUT2D eigenvalue weighted by molar-refractivity contribution is 7.99. The predicted molar refractivity (Wildman–Crippen MR) is 86.9 cm³/mol. The third kappa shape index (κ3) is 4.44. The number of rotatable bonds is 5. The van der Waals surface area contributed by atoms with Crippen LogP contribution in [0.4, 0.5) is 5.69 Å². The van der Waals surface area contributed by atoms with Gasteiger partial charge in [0.05, 0.1) is 0 Å². The maximum atomic E-state index is 12.1. The summed E-state index contributed by atoms with van der Waals surface area (Å²) >= 11 is 1.88. The molecule has 3 nitrogen and oxygen atoms in total. The van der Waals surface area contributed by atoms with Gasteiger partial charge in [-0.05, 0) is 43.2 Å². The van der Waals surface area contributed by atoms with Gasteiger partial charge in [0.15, 0.2) is 0 Å². The Hall–Kier alpha value is -1.16. The largest absolute Gasteiger partial charge is 0.399 e. The second kappa shape index (κ2) is 7.58. The summed E-state index contributed by atoms with van der Waals surface area (Å²) in [6.45, 7) is 0. The van der Waals surface area contributed by atoms with E-state index in [1.54, 1.807) is 0 Å². The van der Waals surface area contributed by atoms with Gasteiger partial charge in [-0.3, -0.25) is 4.79 Å². The van der Waals surface area contributed by atoms with E-state index in [2.05, 4.69) is 11.6 Å². The topological polar surface area (TPSA) is 55.1 Å². The first-order valence-corrected chi connectivity index (χ1v) is 8.64. The van der Waals surface area contributed by atoms with Crippen LogP contribution in [-0.2, 0) is 11.2 Å². The summed E-state index contributed by atoms with van der Waals surface area (Å²) < 4.78 is 0. The molecular weight excluding hydrogens is 268 g/mol. The van der Waals surface area contributed by atoms with E-state index < -0.39 is 0 Å². The molecule has 2 atom stereocenters. The first-order chi connectivity index (χ1) is 9.69. The molecule has 1 amide bonds. The van der Waals surface area contributed by atoms with Gasteiger partial charge in [0.25, 0.3) is 0 Å². The lowest BCUT2D eigenvalue weighted by molar-refractivity contribution is -0.121. The summed E-state index contributed by atoms with van der Waals surface area (Å²) in [5.41, 5.74) is 7.64. The quantitative estimate of drug-likeness (QED) is 0.820. The standard InChI is InChI=1S/C16H24N2OS/c1-20-15-8-3-2-7-14(15)18-16(19)10-9-12-5-4-6-13(17)11-12/h4-6,11,14-15H,2-3,7-10,17H2,1H3,(H,18,19). The Morgan fingerprint density at radius 3 is 2.95 bits per heavy atom. The Morgan fingerprint density at radius 1 is 1.40 bits per heavy atom. The molecule has 0 aliphatic heterocycles. The lowest BCUT2D eigenvalue weighted by atomic mass is 9.94. The Morgan fingerprint density at radius 2 is 2.20 bits per heavy atom. The summed E-state index contributed by atoms with van der Waals surface area (Å²) in [4.78, 5) is 12.1. The summed E-state index contributed by atoms with van der Waals surface area (Å²) in [6.07, 6.45) is 8.31. The molecule has 0 heterocycles. The molecule has 2 unspecified atom stereocenters. The van der Waals surface area contributed by atoms with Crippen LogP contribution in [0.15, 0.2) is 24.3 Å². The monoisotopic (exact) mass is 292 g/mol. The fourth-order valence-electron chi connectivity index (χ4n) is 2.83. The highest BCUT2D eigenvalue weighted by Crippen LogP contribution is 2.27. The van der Waals surface area contributed by atoms with Crippen molar-refractivity contribution in [1.82, 2.24) is 5.32 Å². The second-order valence-corrected chi connectivity index (χ2v) is 6.55. The number of carbonyl (C=O) groups is 1. The zero-order chi connectivity index (χ0) is 14.4. The smallest absolute Gasteiger partial charge is 0.220 e. The zero-order valence-corrected chi connectivity index (χ0v) is 12.9. The van der Waals surface area contributed by atoms with Gasteiger partial charge in [-0.25, -0.2) is 0 Å². The van der Waals surface area contributed by atoms with Crippen molar-refractivity contribution in [1.29, 1.82) is 0 Å². The van der Waals surface area contributed by atoms with Gasteiger partial charge in [0, 0.05) is 23.4 Å². The maximum absolute atomic E-state index is 12.1. The van der Waals surface area contributed by atoms with E-state index in [4.69, 9.17) is 5.73 Å². The molecule has 110 valence electrons. The minimum atomic E-state index is 0.165.